The first-order chi connectivity index (χ1) is 12.8. The van der Waals surface area contributed by atoms with E-state index in [-0.39, 0.29) is 16.3 Å². The number of alkyl carbamates (subject to hydrolysis) is 1. The summed E-state index contributed by atoms with van der Waals surface area (Å²) in [4.78, 5) is 37.2. The average molecular weight is 435 g/mol. The molecule has 8 nitrogen and oxygen atoms in total. The Labute approximate surface area is 174 Å². The Balaban J connectivity index is 3.31. The lowest BCUT2D eigenvalue weighted by Crippen LogP contribution is -2.38. The molecule has 2 unspecified atom stereocenters. The lowest BCUT2D eigenvalue weighted by molar-refractivity contribution is -0.148. The molecule has 1 aromatic carbocycles. The normalized spacial score (nSPS) is 13.1. The first kappa shape index (κ1) is 23.8. The van der Waals surface area contributed by atoms with Gasteiger partial charge in [0.2, 0.25) is 6.23 Å². The molecule has 0 saturated heterocycles. The second-order valence-corrected chi connectivity index (χ2v) is 7.82. The number of alkyl halides is 1. The van der Waals surface area contributed by atoms with E-state index < -0.39 is 35.5 Å². The highest BCUT2D eigenvalue weighted by atomic mass is 35.5. The molecule has 10 heteroatoms. The number of amides is 2. The number of anilines is 1. The van der Waals surface area contributed by atoms with Gasteiger partial charge in [-0.25, -0.2) is 9.59 Å². The molecule has 1 rings (SSSR count). The number of nitrogens with one attached hydrogen (secondary N) is 1. The van der Waals surface area contributed by atoms with Crippen molar-refractivity contribution in [2.75, 3.05) is 11.9 Å². The fraction of sp³-hybridized carbons (Fsp3) is 0.500. The molecule has 0 saturated carbocycles. The maximum Gasteiger partial charge on any atom is 0.415 e. The monoisotopic (exact) mass is 434 g/mol. The first-order valence-electron chi connectivity index (χ1n) is 8.35. The van der Waals surface area contributed by atoms with Crippen molar-refractivity contribution in [1.29, 1.82) is 0 Å². The molecule has 1 aromatic rings. The van der Waals surface area contributed by atoms with E-state index in [1.54, 1.807) is 32.9 Å². The van der Waals surface area contributed by atoms with Crippen LogP contribution in [0, 0.1) is 0 Å². The standard InChI is InChI=1S/C18H24Cl2N2O6/c1-10(19)26-17(25)22(6)13-9-7-8-12(20)14(13)15(27-11(2)23)21-16(24)28-18(3,4)5/h7-10,15H,1-6H3,(H,21,24). The van der Waals surface area contributed by atoms with Gasteiger partial charge in [0, 0.05) is 14.0 Å². The lowest BCUT2D eigenvalue weighted by atomic mass is 10.1. The molecule has 0 spiro atoms. The summed E-state index contributed by atoms with van der Waals surface area (Å²) in [7, 11) is 1.43. The predicted octanol–water partition coefficient (Wildman–Crippen LogP) is 4.58. The van der Waals surface area contributed by atoms with Gasteiger partial charge in [0.25, 0.3) is 0 Å². The number of carbonyl (C=O) groups excluding carboxylic acids is 3. The molecule has 0 heterocycles. The van der Waals surface area contributed by atoms with Crippen LogP contribution < -0.4 is 10.2 Å². The van der Waals surface area contributed by atoms with E-state index in [2.05, 4.69) is 5.32 Å². The SMILES string of the molecule is CC(=O)OC(NC(=O)OC(C)(C)C)c1c(Cl)cccc1N(C)C(=O)OC(C)Cl. The number of halogens is 2. The van der Waals surface area contributed by atoms with Crippen molar-refractivity contribution in [2.24, 2.45) is 0 Å². The van der Waals surface area contributed by atoms with E-state index in [0.717, 1.165) is 4.90 Å². The Bertz CT molecular complexity index is 733. The van der Waals surface area contributed by atoms with Crippen LogP contribution in [0.2, 0.25) is 5.02 Å². The second-order valence-electron chi connectivity index (χ2n) is 6.79. The molecule has 0 aliphatic carbocycles. The molecule has 0 aliphatic heterocycles. The minimum atomic E-state index is -1.31. The zero-order valence-electron chi connectivity index (χ0n) is 16.5. The smallest absolute Gasteiger partial charge is 0.415 e. The van der Waals surface area contributed by atoms with Crippen LogP contribution in [0.3, 0.4) is 0 Å². The quantitative estimate of drug-likeness (QED) is 0.315. The molecular formula is C18H24Cl2N2O6. The Morgan fingerprint density at radius 2 is 1.79 bits per heavy atom. The number of ether oxygens (including phenoxy) is 3. The Morgan fingerprint density at radius 1 is 1.18 bits per heavy atom. The van der Waals surface area contributed by atoms with Crippen molar-refractivity contribution in [1.82, 2.24) is 5.32 Å². The molecule has 2 amide bonds. The molecule has 0 bridgehead atoms. The summed E-state index contributed by atoms with van der Waals surface area (Å²) in [5, 5.41) is 2.59. The highest BCUT2D eigenvalue weighted by molar-refractivity contribution is 6.32. The Kier molecular flexibility index (Phi) is 8.38. The molecule has 2 atom stereocenters. The third-order valence-corrected chi connectivity index (χ3v) is 3.54. The van der Waals surface area contributed by atoms with E-state index in [1.165, 1.54) is 27.0 Å². The number of carbonyl (C=O) groups is 3. The fourth-order valence-corrected chi connectivity index (χ4v) is 2.48. The van der Waals surface area contributed by atoms with Crippen molar-refractivity contribution in [3.8, 4) is 0 Å². The first-order valence-corrected chi connectivity index (χ1v) is 9.17. The Hall–Kier alpha value is -2.19. The molecule has 0 aliphatic rings. The highest BCUT2D eigenvalue weighted by Crippen LogP contribution is 2.34. The van der Waals surface area contributed by atoms with Crippen LogP contribution in [0.5, 0.6) is 0 Å². The highest BCUT2D eigenvalue weighted by Gasteiger charge is 2.29. The van der Waals surface area contributed by atoms with Crippen LogP contribution in [0.1, 0.15) is 46.4 Å². The number of rotatable bonds is 5. The van der Waals surface area contributed by atoms with Gasteiger partial charge in [-0.2, -0.15) is 0 Å². The van der Waals surface area contributed by atoms with Gasteiger partial charge < -0.3 is 14.2 Å². The summed E-state index contributed by atoms with van der Waals surface area (Å²) < 4.78 is 15.4. The molecule has 156 valence electrons. The van der Waals surface area contributed by atoms with Gasteiger partial charge in [0.15, 0.2) is 5.56 Å². The molecule has 0 aromatic heterocycles. The minimum absolute atomic E-state index is 0.151. The Morgan fingerprint density at radius 3 is 2.29 bits per heavy atom. The van der Waals surface area contributed by atoms with Crippen LogP contribution >= 0.6 is 23.2 Å². The van der Waals surface area contributed by atoms with Crippen molar-refractivity contribution in [3.63, 3.8) is 0 Å². The van der Waals surface area contributed by atoms with E-state index >= 15 is 0 Å². The van der Waals surface area contributed by atoms with Crippen LogP contribution in [-0.4, -0.2) is 36.4 Å². The van der Waals surface area contributed by atoms with Gasteiger partial charge in [-0.1, -0.05) is 29.3 Å². The van der Waals surface area contributed by atoms with Crippen LogP contribution in [-0.2, 0) is 19.0 Å². The van der Waals surface area contributed by atoms with Gasteiger partial charge in [0.1, 0.15) is 5.60 Å². The van der Waals surface area contributed by atoms with Crippen molar-refractivity contribution in [2.45, 2.75) is 52.0 Å². The third kappa shape index (κ3) is 7.44. The van der Waals surface area contributed by atoms with Crippen LogP contribution in [0.25, 0.3) is 0 Å². The third-order valence-electron chi connectivity index (χ3n) is 3.12. The number of hydrogen-bond donors (Lipinski definition) is 1. The van der Waals surface area contributed by atoms with Gasteiger partial charge in [-0.3, -0.25) is 15.0 Å². The summed E-state index contributed by atoms with van der Waals surface area (Å²) in [5.74, 6) is -0.675. The fourth-order valence-electron chi connectivity index (χ4n) is 2.14. The minimum Gasteiger partial charge on any atom is -0.444 e. The molecule has 28 heavy (non-hydrogen) atoms. The van der Waals surface area contributed by atoms with E-state index in [1.807, 2.05) is 0 Å². The maximum atomic E-state index is 12.2. The number of esters is 1. The largest absolute Gasteiger partial charge is 0.444 e. The predicted molar refractivity (Wildman–Crippen MR) is 106 cm³/mol. The summed E-state index contributed by atoms with van der Waals surface area (Å²) >= 11 is 12.0. The number of hydrogen-bond acceptors (Lipinski definition) is 6. The van der Waals surface area contributed by atoms with Gasteiger partial charge >= 0.3 is 18.2 Å². The topological polar surface area (TPSA) is 94.2 Å². The summed E-state index contributed by atoms with van der Waals surface area (Å²) in [6.07, 6.45) is -2.89. The van der Waals surface area contributed by atoms with E-state index in [0.29, 0.717) is 0 Å². The zero-order chi connectivity index (χ0) is 21.6. The molecule has 0 radical (unpaired) electrons. The van der Waals surface area contributed by atoms with Gasteiger partial charge in [-0.15, -0.1) is 0 Å². The van der Waals surface area contributed by atoms with Crippen LogP contribution in [0.4, 0.5) is 15.3 Å². The maximum absolute atomic E-state index is 12.2. The summed E-state index contributed by atoms with van der Waals surface area (Å²) in [5.41, 5.74) is -1.21. The number of nitrogens with zero attached hydrogens (tertiary/aromatic N) is 1. The van der Waals surface area contributed by atoms with Gasteiger partial charge in [0.05, 0.1) is 16.3 Å². The molecular weight excluding hydrogens is 411 g/mol. The van der Waals surface area contributed by atoms with Crippen molar-refractivity contribution >= 4 is 47.0 Å². The van der Waals surface area contributed by atoms with E-state index in [4.69, 9.17) is 37.4 Å². The summed E-state index contributed by atoms with van der Waals surface area (Å²) in [6.45, 7) is 7.72. The van der Waals surface area contributed by atoms with Gasteiger partial charge in [-0.05, 0) is 39.8 Å². The zero-order valence-corrected chi connectivity index (χ0v) is 18.1. The van der Waals surface area contributed by atoms with Crippen molar-refractivity contribution in [3.05, 3.63) is 28.8 Å². The van der Waals surface area contributed by atoms with Crippen molar-refractivity contribution < 1.29 is 28.6 Å². The second kappa shape index (κ2) is 9.84. The lowest BCUT2D eigenvalue weighted by Gasteiger charge is -2.27. The summed E-state index contributed by atoms with van der Waals surface area (Å²) in [6, 6.07) is 4.67. The number of benzene rings is 1. The van der Waals surface area contributed by atoms with E-state index in [9.17, 15) is 14.4 Å². The average Bonchev–Trinajstić information content (AvgIpc) is 2.50. The van der Waals surface area contributed by atoms with Crippen LogP contribution in [0.15, 0.2) is 18.2 Å². The molecule has 0 fully saturated rings. The molecule has 1 N–H and O–H groups in total.